The van der Waals surface area contributed by atoms with E-state index in [1.165, 1.54) is 0 Å². The first-order valence-corrected chi connectivity index (χ1v) is 11.7. The van der Waals surface area contributed by atoms with E-state index in [1.54, 1.807) is 21.3 Å². The van der Waals surface area contributed by atoms with E-state index in [1.807, 2.05) is 61.5 Å². The Morgan fingerprint density at radius 2 is 1.66 bits per heavy atom. The molecule has 2 unspecified atom stereocenters. The van der Waals surface area contributed by atoms with E-state index in [0.717, 1.165) is 33.9 Å². The van der Waals surface area contributed by atoms with Crippen molar-refractivity contribution in [2.45, 2.75) is 19.2 Å². The maximum Gasteiger partial charge on any atom is 0.203 e. The molecule has 0 aromatic heterocycles. The van der Waals surface area contributed by atoms with Crippen LogP contribution in [0, 0.1) is 0 Å². The minimum Gasteiger partial charge on any atom is -0.494 e. The molecule has 5 rings (SSSR count). The molecule has 8 heteroatoms. The van der Waals surface area contributed by atoms with Crippen LogP contribution >= 0.6 is 11.6 Å². The number of ether oxygens (including phenoxy) is 5. The van der Waals surface area contributed by atoms with E-state index in [2.05, 4.69) is 16.5 Å². The summed E-state index contributed by atoms with van der Waals surface area (Å²) in [7, 11) is 4.79. The predicted octanol–water partition coefficient (Wildman–Crippen LogP) is 5.76. The number of hydrogen-bond acceptors (Lipinski definition) is 7. The Labute approximate surface area is 209 Å². The van der Waals surface area contributed by atoms with Crippen LogP contribution in [-0.4, -0.2) is 32.9 Å². The number of benzene rings is 3. The van der Waals surface area contributed by atoms with E-state index in [-0.39, 0.29) is 6.04 Å². The lowest BCUT2D eigenvalue weighted by Crippen LogP contribution is -2.43. The van der Waals surface area contributed by atoms with Gasteiger partial charge in [-0.15, -0.1) is 0 Å². The number of nitrogens with zero attached hydrogens (tertiary/aromatic N) is 1. The highest BCUT2D eigenvalue weighted by molar-refractivity contribution is 6.30. The van der Waals surface area contributed by atoms with Crippen LogP contribution in [0.15, 0.2) is 60.7 Å². The lowest BCUT2D eigenvalue weighted by Gasteiger charge is -2.39. The Bertz CT molecular complexity index is 1240. The summed E-state index contributed by atoms with van der Waals surface area (Å²) >= 11 is 6.36. The smallest absolute Gasteiger partial charge is 0.203 e. The second kappa shape index (κ2) is 9.60. The van der Waals surface area contributed by atoms with Gasteiger partial charge in [-0.1, -0.05) is 11.6 Å². The van der Waals surface area contributed by atoms with Crippen molar-refractivity contribution >= 4 is 17.3 Å². The van der Waals surface area contributed by atoms with Gasteiger partial charge >= 0.3 is 0 Å². The van der Waals surface area contributed by atoms with Crippen LogP contribution in [0.2, 0.25) is 5.02 Å². The lowest BCUT2D eigenvalue weighted by molar-refractivity contribution is -0.0328. The normalized spacial score (nSPS) is 18.5. The van der Waals surface area contributed by atoms with Crippen molar-refractivity contribution in [3.8, 4) is 28.7 Å². The zero-order valence-corrected chi connectivity index (χ0v) is 20.8. The molecule has 0 saturated carbocycles. The van der Waals surface area contributed by atoms with Gasteiger partial charge in [0.05, 0.1) is 39.7 Å². The SMILES string of the molecule is CCOc1ccc(C2=CC3c4cc(Cl)ccc4OC(c4cc(OC)c(OC)c(OC)c4)N3N2)cc1. The fourth-order valence-corrected chi connectivity index (χ4v) is 4.67. The molecule has 0 radical (unpaired) electrons. The molecule has 0 aliphatic carbocycles. The van der Waals surface area contributed by atoms with Crippen molar-refractivity contribution in [3.05, 3.63) is 82.4 Å². The molecule has 0 bridgehead atoms. The van der Waals surface area contributed by atoms with Crippen LogP contribution in [0.1, 0.15) is 35.9 Å². The molecule has 1 N–H and O–H groups in total. The molecule has 7 nitrogen and oxygen atoms in total. The number of hydrogen-bond donors (Lipinski definition) is 1. The third kappa shape index (κ3) is 4.22. The van der Waals surface area contributed by atoms with Gasteiger partial charge in [-0.25, -0.2) is 0 Å². The standard InChI is InChI=1S/C27H27ClN2O5/c1-5-34-19-9-6-16(7-10-19)21-15-22-20-14-18(28)8-11-23(20)35-27(30(22)29-21)17-12-24(31-2)26(33-4)25(13-17)32-3/h6-15,22,27,29H,5H2,1-4H3. The summed E-state index contributed by atoms with van der Waals surface area (Å²) < 4.78 is 28.8. The largest absolute Gasteiger partial charge is 0.494 e. The van der Waals surface area contributed by atoms with E-state index < -0.39 is 6.23 Å². The van der Waals surface area contributed by atoms with Crippen LogP contribution < -0.4 is 29.1 Å². The average Bonchev–Trinajstić information content (AvgIpc) is 3.34. The average molecular weight is 495 g/mol. The number of methoxy groups -OCH3 is 3. The zero-order chi connectivity index (χ0) is 24.5. The van der Waals surface area contributed by atoms with Gasteiger partial charge in [-0.05, 0) is 73.2 Å². The number of halogens is 1. The fraction of sp³-hybridized carbons (Fsp3) is 0.259. The molecule has 2 aliphatic rings. The third-order valence-electron chi connectivity index (χ3n) is 6.10. The van der Waals surface area contributed by atoms with Crippen molar-refractivity contribution in [3.63, 3.8) is 0 Å². The molecule has 2 heterocycles. The highest BCUT2D eigenvalue weighted by atomic mass is 35.5. The molecule has 0 saturated heterocycles. The molecule has 182 valence electrons. The van der Waals surface area contributed by atoms with Crippen molar-refractivity contribution in [1.82, 2.24) is 10.4 Å². The maximum atomic E-state index is 6.49. The first-order chi connectivity index (χ1) is 17.1. The van der Waals surface area contributed by atoms with Crippen LogP contribution in [0.25, 0.3) is 5.70 Å². The maximum absolute atomic E-state index is 6.49. The molecular formula is C27H27ClN2O5. The second-order valence-electron chi connectivity index (χ2n) is 8.11. The third-order valence-corrected chi connectivity index (χ3v) is 6.34. The Morgan fingerprint density at radius 1 is 0.943 bits per heavy atom. The van der Waals surface area contributed by atoms with Gasteiger partial charge in [0, 0.05) is 16.1 Å². The highest BCUT2D eigenvalue weighted by Crippen LogP contribution is 2.49. The summed E-state index contributed by atoms with van der Waals surface area (Å²) in [5.41, 5.74) is 7.38. The minimum absolute atomic E-state index is 0.108. The van der Waals surface area contributed by atoms with Gasteiger partial charge in [0.25, 0.3) is 0 Å². The van der Waals surface area contributed by atoms with Crippen molar-refractivity contribution in [1.29, 1.82) is 0 Å². The monoisotopic (exact) mass is 494 g/mol. The van der Waals surface area contributed by atoms with Gasteiger partial charge in [-0.3, -0.25) is 0 Å². The molecule has 0 fully saturated rings. The van der Waals surface area contributed by atoms with E-state index in [4.69, 9.17) is 35.3 Å². The summed E-state index contributed by atoms with van der Waals surface area (Å²) in [6.45, 7) is 2.60. The molecule has 35 heavy (non-hydrogen) atoms. The van der Waals surface area contributed by atoms with Crippen LogP contribution in [0.5, 0.6) is 28.7 Å². The van der Waals surface area contributed by atoms with Crippen molar-refractivity contribution in [2.75, 3.05) is 27.9 Å². The van der Waals surface area contributed by atoms with Crippen LogP contribution in [0.3, 0.4) is 0 Å². The second-order valence-corrected chi connectivity index (χ2v) is 8.55. The minimum atomic E-state index is -0.473. The highest BCUT2D eigenvalue weighted by Gasteiger charge is 2.41. The number of fused-ring (bicyclic) bond motifs is 3. The summed E-state index contributed by atoms with van der Waals surface area (Å²) in [6, 6.07) is 17.4. The summed E-state index contributed by atoms with van der Waals surface area (Å²) in [5, 5.41) is 2.71. The molecule has 2 atom stereocenters. The van der Waals surface area contributed by atoms with Crippen LogP contribution in [0.4, 0.5) is 0 Å². The molecule has 2 aliphatic heterocycles. The van der Waals surface area contributed by atoms with Gasteiger partial charge < -0.3 is 29.1 Å². The van der Waals surface area contributed by atoms with E-state index in [9.17, 15) is 0 Å². The quantitative estimate of drug-likeness (QED) is 0.448. The van der Waals surface area contributed by atoms with Gasteiger partial charge in [0.1, 0.15) is 11.5 Å². The molecule has 0 amide bonds. The van der Waals surface area contributed by atoms with E-state index in [0.29, 0.717) is 28.9 Å². The molecule has 3 aromatic rings. The summed E-state index contributed by atoms with van der Waals surface area (Å²) in [4.78, 5) is 0. The number of nitrogens with one attached hydrogen (secondary N) is 1. The first-order valence-electron chi connectivity index (χ1n) is 11.3. The van der Waals surface area contributed by atoms with Gasteiger partial charge in [-0.2, -0.15) is 5.01 Å². The predicted molar refractivity (Wildman–Crippen MR) is 134 cm³/mol. The Hall–Kier alpha value is -3.55. The Kier molecular flexibility index (Phi) is 6.36. The topological polar surface area (TPSA) is 61.4 Å². The molecule has 3 aromatic carbocycles. The van der Waals surface area contributed by atoms with E-state index >= 15 is 0 Å². The first kappa shape index (κ1) is 23.2. The summed E-state index contributed by atoms with van der Waals surface area (Å²) in [6.07, 6.45) is 1.71. The van der Waals surface area contributed by atoms with Crippen molar-refractivity contribution < 1.29 is 23.7 Å². The van der Waals surface area contributed by atoms with Gasteiger partial charge in [0.15, 0.2) is 17.7 Å². The van der Waals surface area contributed by atoms with Gasteiger partial charge in [0.2, 0.25) is 5.75 Å². The van der Waals surface area contributed by atoms with Crippen molar-refractivity contribution in [2.24, 2.45) is 0 Å². The Balaban J connectivity index is 1.57. The lowest BCUT2D eigenvalue weighted by atomic mass is 10.0. The fourth-order valence-electron chi connectivity index (χ4n) is 4.49. The molecule has 0 spiro atoms. The summed E-state index contributed by atoms with van der Waals surface area (Å²) in [5.74, 6) is 3.25. The zero-order valence-electron chi connectivity index (χ0n) is 20.0. The number of hydrazine groups is 1. The molecular weight excluding hydrogens is 468 g/mol. The number of rotatable bonds is 7. The Morgan fingerprint density at radius 3 is 2.29 bits per heavy atom. The van der Waals surface area contributed by atoms with Crippen LogP contribution in [-0.2, 0) is 0 Å².